The predicted molar refractivity (Wildman–Crippen MR) is 110 cm³/mol. The molecule has 2 aromatic rings. The second-order valence-electron chi connectivity index (χ2n) is 7.67. The highest BCUT2D eigenvalue weighted by molar-refractivity contribution is 5.92. The van der Waals surface area contributed by atoms with Gasteiger partial charge in [0.1, 0.15) is 11.6 Å². The summed E-state index contributed by atoms with van der Waals surface area (Å²) >= 11 is 0. The highest BCUT2D eigenvalue weighted by Gasteiger charge is 2.33. The fourth-order valence-corrected chi connectivity index (χ4v) is 3.46. The number of carbonyl (C=O) groups excluding carboxylic acids is 1. The molecule has 0 aliphatic carbocycles. The average Bonchev–Trinajstić information content (AvgIpc) is 2.71. The van der Waals surface area contributed by atoms with Gasteiger partial charge in [-0.3, -0.25) is 5.32 Å². The number of hydrogen-bond acceptors (Lipinski definition) is 5. The Labute approximate surface area is 185 Å². The lowest BCUT2D eigenvalue weighted by molar-refractivity contribution is -0.137. The number of nitrogens with one attached hydrogen (secondary N) is 3. The Kier molecular flexibility index (Phi) is 7.00. The number of fused-ring (bicyclic) bond motifs is 1. The van der Waals surface area contributed by atoms with Crippen LogP contribution in [0, 0.1) is 0 Å². The van der Waals surface area contributed by atoms with Crippen molar-refractivity contribution in [3.05, 3.63) is 35.5 Å². The number of alkyl halides is 6. The van der Waals surface area contributed by atoms with Gasteiger partial charge in [-0.1, -0.05) is 0 Å². The quantitative estimate of drug-likeness (QED) is 0.567. The molecular weight excluding hydrogens is 454 g/mol. The van der Waals surface area contributed by atoms with E-state index < -0.39 is 23.9 Å². The summed E-state index contributed by atoms with van der Waals surface area (Å²) in [7, 11) is 0. The maximum atomic E-state index is 13.6. The van der Waals surface area contributed by atoms with Gasteiger partial charge in [-0.15, -0.1) is 0 Å². The molecule has 1 fully saturated rings. The summed E-state index contributed by atoms with van der Waals surface area (Å²) in [5.74, 6) is 0.620. The van der Waals surface area contributed by atoms with E-state index in [2.05, 4.69) is 25.9 Å². The van der Waals surface area contributed by atoms with Crippen LogP contribution in [0.3, 0.4) is 0 Å². The number of hydrogen-bond donors (Lipinski definition) is 3. The molecule has 33 heavy (non-hydrogen) atoms. The van der Waals surface area contributed by atoms with Crippen LogP contribution in [0.25, 0.3) is 11.3 Å². The van der Waals surface area contributed by atoms with Gasteiger partial charge in [0.05, 0.1) is 11.3 Å². The van der Waals surface area contributed by atoms with Crippen LogP contribution in [0.2, 0.25) is 0 Å². The lowest BCUT2D eigenvalue weighted by Crippen LogP contribution is -2.49. The summed E-state index contributed by atoms with van der Waals surface area (Å²) in [4.78, 5) is 22.0. The zero-order chi connectivity index (χ0) is 24.4. The average molecular weight is 476 g/mol. The third-order valence-electron chi connectivity index (χ3n) is 4.82. The van der Waals surface area contributed by atoms with E-state index >= 15 is 0 Å². The molecule has 1 saturated heterocycles. The third-order valence-corrected chi connectivity index (χ3v) is 4.82. The third kappa shape index (κ3) is 6.70. The van der Waals surface area contributed by atoms with Crippen molar-refractivity contribution in [3.8, 4) is 11.3 Å². The second-order valence-corrected chi connectivity index (χ2v) is 7.67. The molecule has 0 bridgehead atoms. The molecule has 180 valence electrons. The van der Waals surface area contributed by atoms with E-state index in [1.807, 2.05) is 11.8 Å². The Morgan fingerprint density at radius 3 is 2.48 bits per heavy atom. The minimum absolute atomic E-state index is 0.154. The summed E-state index contributed by atoms with van der Waals surface area (Å²) in [6, 6.07) is 3.51. The molecule has 4 rings (SSSR count). The van der Waals surface area contributed by atoms with Crippen molar-refractivity contribution < 1.29 is 31.1 Å². The summed E-state index contributed by atoms with van der Waals surface area (Å²) in [5, 5.41) is 8.46. The molecule has 0 saturated carbocycles. The van der Waals surface area contributed by atoms with Crippen LogP contribution in [0.1, 0.15) is 25.0 Å². The molecular formula is C20H22F6N6O. The SMILES string of the molecule is CC(F)(F)F.CC1CN(c2cc(C(F)(F)F)cc(-c3ccnc4c3CNC(=O)N4)n2)CCN1. The molecule has 1 atom stereocenters. The number of halogens is 6. The lowest BCUT2D eigenvalue weighted by Gasteiger charge is -2.33. The Bertz CT molecular complexity index is 1000. The molecule has 7 nitrogen and oxygen atoms in total. The van der Waals surface area contributed by atoms with Crippen molar-refractivity contribution >= 4 is 17.7 Å². The number of amides is 2. The van der Waals surface area contributed by atoms with Crippen molar-refractivity contribution in [1.82, 2.24) is 20.6 Å². The summed E-state index contributed by atoms with van der Waals surface area (Å²) in [6.07, 6.45) is -7.04. The van der Waals surface area contributed by atoms with Crippen LogP contribution in [0.5, 0.6) is 0 Å². The summed E-state index contributed by atoms with van der Waals surface area (Å²) < 4.78 is 71.7. The number of pyridine rings is 2. The number of aromatic nitrogens is 2. The first-order valence-electron chi connectivity index (χ1n) is 9.98. The Morgan fingerprint density at radius 2 is 1.85 bits per heavy atom. The molecule has 13 heteroatoms. The summed E-state index contributed by atoms with van der Waals surface area (Å²) in [6.45, 7) is 4.16. The van der Waals surface area contributed by atoms with Gasteiger partial charge in [0.15, 0.2) is 0 Å². The van der Waals surface area contributed by atoms with Gasteiger partial charge in [0.25, 0.3) is 0 Å². The van der Waals surface area contributed by atoms with Crippen LogP contribution in [0.4, 0.5) is 42.8 Å². The van der Waals surface area contributed by atoms with E-state index in [-0.39, 0.29) is 31.0 Å². The number of piperazine rings is 1. The zero-order valence-corrected chi connectivity index (χ0v) is 17.7. The van der Waals surface area contributed by atoms with Crippen LogP contribution >= 0.6 is 0 Å². The molecule has 0 radical (unpaired) electrons. The van der Waals surface area contributed by atoms with Crippen molar-refractivity contribution in [3.63, 3.8) is 0 Å². The highest BCUT2D eigenvalue weighted by Crippen LogP contribution is 2.36. The van der Waals surface area contributed by atoms with Crippen LogP contribution in [-0.2, 0) is 12.7 Å². The van der Waals surface area contributed by atoms with Crippen molar-refractivity contribution in [2.75, 3.05) is 29.9 Å². The van der Waals surface area contributed by atoms with Crippen molar-refractivity contribution in [2.45, 2.75) is 38.8 Å². The summed E-state index contributed by atoms with van der Waals surface area (Å²) in [5.41, 5.74) is 0.561. The normalized spacial score (nSPS) is 18.5. The first-order valence-corrected chi connectivity index (χ1v) is 9.98. The van der Waals surface area contributed by atoms with Gasteiger partial charge in [-0.05, 0) is 25.1 Å². The van der Waals surface area contributed by atoms with E-state index in [0.717, 1.165) is 12.1 Å². The second kappa shape index (κ2) is 9.41. The molecule has 2 amide bonds. The number of anilines is 2. The Hall–Kier alpha value is -3.09. The van der Waals surface area contributed by atoms with Crippen molar-refractivity contribution in [2.24, 2.45) is 0 Å². The molecule has 0 spiro atoms. The van der Waals surface area contributed by atoms with E-state index in [9.17, 15) is 31.1 Å². The van der Waals surface area contributed by atoms with Crippen LogP contribution < -0.4 is 20.9 Å². The monoisotopic (exact) mass is 476 g/mol. The number of urea groups is 1. The standard InChI is InChI=1S/C18H19F3N6O.C2H3F3/c1-10-9-27(5-4-22-10)15-7-11(18(19,20)21)6-14(25-15)12-2-3-23-16-13(12)8-24-17(28)26-16;1-2(3,4)5/h2-3,6-7,10,22H,4-5,8-9H2,1H3,(H2,23,24,26,28);1H3. The Balaban J connectivity index is 0.000000555. The smallest absolute Gasteiger partial charge is 0.354 e. The van der Waals surface area contributed by atoms with E-state index in [4.69, 9.17) is 0 Å². The van der Waals surface area contributed by atoms with Gasteiger partial charge in [0, 0.05) is 56.5 Å². The first-order chi connectivity index (χ1) is 15.3. The maximum absolute atomic E-state index is 13.6. The zero-order valence-electron chi connectivity index (χ0n) is 17.7. The van der Waals surface area contributed by atoms with Crippen LogP contribution in [-0.4, -0.2) is 47.9 Å². The fourth-order valence-electron chi connectivity index (χ4n) is 3.46. The van der Waals surface area contributed by atoms with E-state index in [0.29, 0.717) is 36.6 Å². The molecule has 2 aliphatic heterocycles. The molecule has 4 heterocycles. The minimum atomic E-state index is -4.49. The van der Waals surface area contributed by atoms with Gasteiger partial charge in [-0.25, -0.2) is 14.8 Å². The topological polar surface area (TPSA) is 82.2 Å². The largest absolute Gasteiger partial charge is 0.416 e. The van der Waals surface area contributed by atoms with Gasteiger partial charge in [-0.2, -0.15) is 26.3 Å². The molecule has 3 N–H and O–H groups in total. The molecule has 1 unspecified atom stereocenters. The maximum Gasteiger partial charge on any atom is 0.416 e. The van der Waals surface area contributed by atoms with E-state index in [1.165, 1.54) is 6.20 Å². The lowest BCUT2D eigenvalue weighted by atomic mass is 10.0. The number of nitrogens with zero attached hydrogens (tertiary/aromatic N) is 3. The van der Waals surface area contributed by atoms with Gasteiger partial charge >= 0.3 is 18.4 Å². The molecule has 2 aliphatic rings. The fraction of sp³-hybridized carbons (Fsp3) is 0.450. The van der Waals surface area contributed by atoms with Crippen LogP contribution in [0.15, 0.2) is 24.4 Å². The predicted octanol–water partition coefficient (Wildman–Crippen LogP) is 4.16. The van der Waals surface area contributed by atoms with Gasteiger partial charge in [0.2, 0.25) is 0 Å². The number of carbonyl (C=O) groups is 1. The Morgan fingerprint density at radius 1 is 1.15 bits per heavy atom. The number of rotatable bonds is 2. The van der Waals surface area contributed by atoms with Crippen molar-refractivity contribution in [1.29, 1.82) is 0 Å². The minimum Gasteiger partial charge on any atom is -0.354 e. The van der Waals surface area contributed by atoms with Gasteiger partial charge < -0.3 is 15.5 Å². The first kappa shape index (κ1) is 24.6. The van der Waals surface area contributed by atoms with E-state index in [1.54, 1.807) is 6.07 Å². The molecule has 2 aromatic heterocycles. The highest BCUT2D eigenvalue weighted by atomic mass is 19.4. The molecule has 0 aromatic carbocycles.